The van der Waals surface area contributed by atoms with Crippen LogP contribution in [0.4, 0.5) is 10.3 Å². The number of rotatable bonds is 5. The van der Waals surface area contributed by atoms with Crippen LogP contribution in [0.3, 0.4) is 0 Å². The van der Waals surface area contributed by atoms with Crippen LogP contribution in [0.1, 0.15) is 18.2 Å². The second-order valence-electron chi connectivity index (χ2n) is 6.40. The van der Waals surface area contributed by atoms with Gasteiger partial charge in [-0.15, -0.1) is 0 Å². The molecule has 1 aromatic carbocycles. The van der Waals surface area contributed by atoms with E-state index >= 15 is 0 Å². The molecule has 2 aromatic rings. The highest BCUT2D eigenvalue weighted by Crippen LogP contribution is 2.15. The Labute approximate surface area is 146 Å². The number of carbonyl (C=O) groups excluding carboxylic acids is 1. The molecule has 7 heteroatoms. The molecular weight excluding hydrogens is 323 g/mol. The van der Waals surface area contributed by atoms with Crippen molar-refractivity contribution < 1.29 is 13.7 Å². The minimum Gasteiger partial charge on any atom is -0.338 e. The lowest BCUT2D eigenvalue weighted by Gasteiger charge is -2.37. The predicted molar refractivity (Wildman–Crippen MR) is 92.6 cm³/mol. The minimum atomic E-state index is -0.263. The Kier molecular flexibility index (Phi) is 5.45. The Morgan fingerprint density at radius 3 is 2.68 bits per heavy atom. The van der Waals surface area contributed by atoms with Crippen LogP contribution in [0.25, 0.3) is 0 Å². The molecule has 1 atom stereocenters. The van der Waals surface area contributed by atoms with Gasteiger partial charge in [-0.2, -0.15) is 0 Å². The number of benzene rings is 1. The number of amides is 1. The van der Waals surface area contributed by atoms with Gasteiger partial charge in [0.2, 0.25) is 11.8 Å². The monoisotopic (exact) mass is 346 g/mol. The van der Waals surface area contributed by atoms with Crippen molar-refractivity contribution >= 4 is 11.8 Å². The van der Waals surface area contributed by atoms with Gasteiger partial charge >= 0.3 is 0 Å². The molecule has 1 aliphatic heterocycles. The maximum atomic E-state index is 13.8. The first-order valence-electron chi connectivity index (χ1n) is 8.47. The Morgan fingerprint density at radius 2 is 2.04 bits per heavy atom. The molecule has 1 aliphatic rings. The first-order valence-corrected chi connectivity index (χ1v) is 8.47. The number of hydrogen-bond acceptors (Lipinski definition) is 5. The molecule has 25 heavy (non-hydrogen) atoms. The number of aromatic nitrogens is 1. The Bertz CT molecular complexity index is 725. The number of halogens is 1. The Hall–Kier alpha value is -2.25. The molecule has 2 heterocycles. The summed E-state index contributed by atoms with van der Waals surface area (Å²) in [6, 6.07) is 8.29. The molecule has 1 saturated heterocycles. The number of piperazine rings is 1. The first-order chi connectivity index (χ1) is 12.0. The van der Waals surface area contributed by atoms with Crippen molar-refractivity contribution in [1.82, 2.24) is 15.0 Å². The van der Waals surface area contributed by atoms with Crippen LogP contribution in [-0.4, -0.2) is 53.1 Å². The number of carbonyl (C=O) groups is 1. The SMILES string of the molecule is Cc1cc(NC(=O)C(C)N2CCN(Cc3ccccc3F)CC2)on1. The van der Waals surface area contributed by atoms with Crippen LogP contribution in [-0.2, 0) is 11.3 Å². The molecular formula is C18H23FN4O2. The molecule has 1 aromatic heterocycles. The molecule has 3 rings (SSSR count). The van der Waals surface area contributed by atoms with Crippen LogP contribution < -0.4 is 5.32 Å². The summed E-state index contributed by atoms with van der Waals surface area (Å²) in [6.45, 7) is 7.40. The van der Waals surface area contributed by atoms with Crippen LogP contribution in [0.2, 0.25) is 0 Å². The van der Waals surface area contributed by atoms with Gasteiger partial charge in [0, 0.05) is 44.4 Å². The zero-order valence-electron chi connectivity index (χ0n) is 14.5. The first kappa shape index (κ1) is 17.6. The summed E-state index contributed by atoms with van der Waals surface area (Å²) in [6.07, 6.45) is 0. The molecule has 0 aliphatic carbocycles. The average molecular weight is 346 g/mol. The zero-order chi connectivity index (χ0) is 17.8. The van der Waals surface area contributed by atoms with Crippen molar-refractivity contribution in [3.8, 4) is 0 Å². The normalized spacial score (nSPS) is 17.4. The zero-order valence-corrected chi connectivity index (χ0v) is 14.5. The minimum absolute atomic E-state index is 0.112. The van der Waals surface area contributed by atoms with Crippen LogP contribution >= 0.6 is 0 Å². The lowest BCUT2D eigenvalue weighted by atomic mass is 10.1. The molecule has 0 bridgehead atoms. The third kappa shape index (κ3) is 4.43. The molecule has 1 unspecified atom stereocenters. The van der Waals surface area contributed by atoms with E-state index in [9.17, 15) is 9.18 Å². The summed E-state index contributed by atoms with van der Waals surface area (Å²) in [5, 5.41) is 6.50. The molecule has 0 radical (unpaired) electrons. The van der Waals surface area contributed by atoms with Crippen LogP contribution in [0.5, 0.6) is 0 Å². The summed E-state index contributed by atoms with van der Waals surface area (Å²) in [5.41, 5.74) is 1.44. The summed E-state index contributed by atoms with van der Waals surface area (Å²) in [7, 11) is 0. The third-order valence-electron chi connectivity index (χ3n) is 4.56. The van der Waals surface area contributed by atoms with E-state index < -0.39 is 0 Å². The van der Waals surface area contributed by atoms with Gasteiger partial charge in [-0.25, -0.2) is 4.39 Å². The van der Waals surface area contributed by atoms with Crippen LogP contribution in [0, 0.1) is 12.7 Å². The van der Waals surface area contributed by atoms with E-state index in [1.807, 2.05) is 19.1 Å². The highest BCUT2D eigenvalue weighted by atomic mass is 19.1. The van der Waals surface area contributed by atoms with Gasteiger partial charge in [0.15, 0.2) is 0 Å². The average Bonchev–Trinajstić information content (AvgIpc) is 3.02. The fourth-order valence-electron chi connectivity index (χ4n) is 2.99. The van der Waals surface area contributed by atoms with E-state index in [1.54, 1.807) is 19.1 Å². The van der Waals surface area contributed by atoms with Crippen molar-refractivity contribution in [3.63, 3.8) is 0 Å². The summed E-state index contributed by atoms with van der Waals surface area (Å²) < 4.78 is 18.8. The van der Waals surface area contributed by atoms with Crippen molar-refractivity contribution in [2.45, 2.75) is 26.4 Å². The van der Waals surface area contributed by atoms with Crippen molar-refractivity contribution in [3.05, 3.63) is 47.4 Å². The van der Waals surface area contributed by atoms with Gasteiger partial charge in [0.25, 0.3) is 0 Å². The Balaban J connectivity index is 1.49. The quantitative estimate of drug-likeness (QED) is 0.900. The van der Waals surface area contributed by atoms with E-state index in [4.69, 9.17) is 4.52 Å². The Morgan fingerprint density at radius 1 is 1.32 bits per heavy atom. The van der Waals surface area contributed by atoms with E-state index in [1.165, 1.54) is 6.07 Å². The largest absolute Gasteiger partial charge is 0.338 e. The third-order valence-corrected chi connectivity index (χ3v) is 4.56. The van der Waals surface area contributed by atoms with E-state index in [0.717, 1.165) is 31.9 Å². The molecule has 0 saturated carbocycles. The van der Waals surface area contributed by atoms with Gasteiger partial charge in [-0.05, 0) is 19.9 Å². The van der Waals surface area contributed by atoms with Crippen molar-refractivity contribution in [1.29, 1.82) is 0 Å². The van der Waals surface area contributed by atoms with Gasteiger partial charge in [0.1, 0.15) is 5.82 Å². The molecule has 0 spiro atoms. The molecule has 1 fully saturated rings. The molecule has 6 nitrogen and oxygen atoms in total. The number of anilines is 1. The second-order valence-corrected chi connectivity index (χ2v) is 6.40. The van der Waals surface area contributed by atoms with Crippen molar-refractivity contribution in [2.24, 2.45) is 0 Å². The highest BCUT2D eigenvalue weighted by molar-refractivity contribution is 5.93. The predicted octanol–water partition coefficient (Wildman–Crippen LogP) is 2.27. The lowest BCUT2D eigenvalue weighted by Crippen LogP contribution is -2.52. The topological polar surface area (TPSA) is 61.6 Å². The summed E-state index contributed by atoms with van der Waals surface area (Å²) in [5.74, 6) is 0.0891. The van der Waals surface area contributed by atoms with Crippen molar-refractivity contribution in [2.75, 3.05) is 31.5 Å². The number of nitrogens with one attached hydrogen (secondary N) is 1. The standard InChI is InChI=1S/C18H23FN4O2/c1-13-11-17(25-21-13)20-18(24)14(2)23-9-7-22(8-10-23)12-15-5-3-4-6-16(15)19/h3-6,11,14H,7-10,12H2,1-2H3,(H,20,24). The summed E-state index contributed by atoms with van der Waals surface area (Å²) in [4.78, 5) is 16.7. The molecule has 1 amide bonds. The van der Waals surface area contributed by atoms with E-state index in [-0.39, 0.29) is 17.8 Å². The van der Waals surface area contributed by atoms with Crippen LogP contribution in [0.15, 0.2) is 34.9 Å². The van der Waals surface area contributed by atoms with E-state index in [2.05, 4.69) is 20.3 Å². The van der Waals surface area contributed by atoms with Gasteiger partial charge in [-0.1, -0.05) is 23.4 Å². The maximum Gasteiger partial charge on any atom is 0.243 e. The van der Waals surface area contributed by atoms with Gasteiger partial charge in [0.05, 0.1) is 11.7 Å². The smallest absolute Gasteiger partial charge is 0.243 e. The fourth-order valence-corrected chi connectivity index (χ4v) is 2.99. The molecule has 1 N–H and O–H groups in total. The van der Waals surface area contributed by atoms with E-state index in [0.29, 0.717) is 18.0 Å². The summed E-state index contributed by atoms with van der Waals surface area (Å²) >= 11 is 0. The van der Waals surface area contributed by atoms with Gasteiger partial charge < -0.3 is 4.52 Å². The number of aryl methyl sites for hydroxylation is 1. The molecule has 134 valence electrons. The second kappa shape index (κ2) is 7.76. The highest BCUT2D eigenvalue weighted by Gasteiger charge is 2.26. The lowest BCUT2D eigenvalue weighted by molar-refractivity contribution is -0.121. The number of nitrogens with zero attached hydrogens (tertiary/aromatic N) is 3. The number of hydrogen-bond donors (Lipinski definition) is 1. The fraction of sp³-hybridized carbons (Fsp3) is 0.444. The van der Waals surface area contributed by atoms with Gasteiger partial charge in [-0.3, -0.25) is 19.9 Å². The maximum absolute atomic E-state index is 13.8.